The van der Waals surface area contributed by atoms with E-state index in [4.69, 9.17) is 4.74 Å². The number of carbonyl (C=O) groups excluding carboxylic acids is 2. The molecule has 2 aromatic carbocycles. The van der Waals surface area contributed by atoms with E-state index in [0.29, 0.717) is 18.8 Å². The van der Waals surface area contributed by atoms with E-state index in [1.165, 1.54) is 16.5 Å². The van der Waals surface area contributed by atoms with Gasteiger partial charge in [-0.1, -0.05) is 42.5 Å². The maximum Gasteiger partial charge on any atom is 0.258 e. The van der Waals surface area contributed by atoms with Crippen molar-refractivity contribution in [3.8, 4) is 5.75 Å². The zero-order valence-electron chi connectivity index (χ0n) is 16.9. The third-order valence-corrected chi connectivity index (χ3v) is 5.32. The minimum Gasteiger partial charge on any atom is -0.484 e. The van der Waals surface area contributed by atoms with Gasteiger partial charge in [0.25, 0.3) is 5.91 Å². The van der Waals surface area contributed by atoms with Crippen LogP contribution in [0.5, 0.6) is 5.75 Å². The van der Waals surface area contributed by atoms with Crippen molar-refractivity contribution < 1.29 is 14.3 Å². The summed E-state index contributed by atoms with van der Waals surface area (Å²) < 4.78 is 5.44. The molecule has 6 heteroatoms. The number of nitrogens with zero attached hydrogens (tertiary/aromatic N) is 1. The Morgan fingerprint density at radius 2 is 1.90 bits per heavy atom. The first-order chi connectivity index (χ1) is 14.6. The predicted octanol–water partition coefficient (Wildman–Crippen LogP) is 3.37. The number of rotatable bonds is 6. The molecule has 2 N–H and O–H groups in total. The molecule has 1 aromatic heterocycles. The fourth-order valence-electron chi connectivity index (χ4n) is 3.74. The van der Waals surface area contributed by atoms with Gasteiger partial charge >= 0.3 is 0 Å². The largest absolute Gasteiger partial charge is 0.484 e. The zero-order valence-corrected chi connectivity index (χ0v) is 16.9. The molecule has 0 saturated carbocycles. The summed E-state index contributed by atoms with van der Waals surface area (Å²) in [4.78, 5) is 30.0. The summed E-state index contributed by atoms with van der Waals surface area (Å²) in [6.45, 7) is 2.76. The van der Waals surface area contributed by atoms with Crippen molar-refractivity contribution in [2.75, 3.05) is 19.7 Å². The number of para-hydroxylation sites is 2. The first-order valence-electron chi connectivity index (χ1n) is 10.1. The number of amides is 2. The molecule has 1 unspecified atom stereocenters. The predicted molar refractivity (Wildman–Crippen MR) is 117 cm³/mol. The van der Waals surface area contributed by atoms with Gasteiger partial charge in [-0.25, -0.2) is 0 Å². The van der Waals surface area contributed by atoms with Crippen molar-refractivity contribution in [1.29, 1.82) is 0 Å². The molecule has 0 spiro atoms. The van der Waals surface area contributed by atoms with Gasteiger partial charge < -0.3 is 19.9 Å². The van der Waals surface area contributed by atoms with Gasteiger partial charge in [0.2, 0.25) is 5.91 Å². The number of nitrogens with one attached hydrogen (secondary N) is 2. The van der Waals surface area contributed by atoms with E-state index < -0.39 is 6.04 Å². The molecule has 30 heavy (non-hydrogen) atoms. The molecule has 1 aliphatic rings. The number of hydrogen-bond donors (Lipinski definition) is 2. The molecule has 0 aliphatic carbocycles. The number of H-pyrrole nitrogens is 1. The molecule has 0 radical (unpaired) electrons. The van der Waals surface area contributed by atoms with Gasteiger partial charge in [-0.3, -0.25) is 9.59 Å². The molecule has 0 saturated heterocycles. The maximum absolute atomic E-state index is 12.7. The Morgan fingerprint density at radius 3 is 2.67 bits per heavy atom. The van der Waals surface area contributed by atoms with Crippen LogP contribution in [0.2, 0.25) is 0 Å². The van der Waals surface area contributed by atoms with Crippen LogP contribution in [0.1, 0.15) is 18.9 Å². The lowest BCUT2D eigenvalue weighted by Gasteiger charge is -2.29. The van der Waals surface area contributed by atoms with Crippen LogP contribution in [0.25, 0.3) is 16.5 Å². The Bertz CT molecular complexity index is 1070. The highest BCUT2D eigenvalue weighted by Crippen LogP contribution is 2.29. The van der Waals surface area contributed by atoms with Crippen LogP contribution in [-0.4, -0.2) is 47.4 Å². The fraction of sp³-hybridized carbons (Fsp3) is 0.250. The standard InChI is InChI=1S/C24H25N3O3/c1-17(26-23(28)16-30-19-7-3-2-4-8-19)24(29)27-13-11-18(12-14-27)21-15-25-22-10-6-5-9-20(21)22/h2-11,15,17,25H,12-14,16H2,1H3,(H,26,28). The average molecular weight is 403 g/mol. The molecule has 154 valence electrons. The summed E-state index contributed by atoms with van der Waals surface area (Å²) in [5.74, 6) is 0.224. The van der Waals surface area contributed by atoms with Crippen molar-refractivity contribution in [3.63, 3.8) is 0 Å². The highest BCUT2D eigenvalue weighted by molar-refractivity contribution is 5.93. The minimum absolute atomic E-state index is 0.0858. The van der Waals surface area contributed by atoms with Gasteiger partial charge in [-0.05, 0) is 37.1 Å². The third-order valence-electron chi connectivity index (χ3n) is 5.32. The minimum atomic E-state index is -0.597. The van der Waals surface area contributed by atoms with Crippen molar-refractivity contribution in [2.24, 2.45) is 0 Å². The quantitative estimate of drug-likeness (QED) is 0.663. The van der Waals surface area contributed by atoms with Crippen molar-refractivity contribution >= 4 is 28.3 Å². The van der Waals surface area contributed by atoms with Crippen molar-refractivity contribution in [1.82, 2.24) is 15.2 Å². The highest BCUT2D eigenvalue weighted by Gasteiger charge is 2.24. The number of aromatic amines is 1. The second kappa shape index (κ2) is 8.86. The molecule has 0 fully saturated rings. The number of aromatic nitrogens is 1. The SMILES string of the molecule is CC(NC(=O)COc1ccccc1)C(=O)N1CC=C(c2c[nH]c3ccccc23)CC1. The van der Waals surface area contributed by atoms with E-state index >= 15 is 0 Å². The van der Waals surface area contributed by atoms with Gasteiger partial charge in [0, 0.05) is 35.8 Å². The Labute approximate surface area is 175 Å². The lowest BCUT2D eigenvalue weighted by atomic mass is 9.98. The second-order valence-electron chi connectivity index (χ2n) is 7.40. The average Bonchev–Trinajstić information content (AvgIpc) is 3.22. The molecular formula is C24H25N3O3. The Morgan fingerprint density at radius 1 is 1.13 bits per heavy atom. The lowest BCUT2D eigenvalue weighted by molar-refractivity contribution is -0.136. The van der Waals surface area contributed by atoms with Crippen LogP contribution in [0.3, 0.4) is 0 Å². The van der Waals surface area contributed by atoms with E-state index in [0.717, 1.165) is 11.9 Å². The lowest BCUT2D eigenvalue weighted by Crippen LogP contribution is -2.49. The Balaban J connectivity index is 1.31. The third kappa shape index (κ3) is 4.38. The van der Waals surface area contributed by atoms with Gasteiger partial charge in [0.05, 0.1) is 0 Å². The summed E-state index contributed by atoms with van der Waals surface area (Å²) in [7, 11) is 0. The van der Waals surface area contributed by atoms with Crippen LogP contribution in [0, 0.1) is 0 Å². The van der Waals surface area contributed by atoms with Crippen LogP contribution >= 0.6 is 0 Å². The topological polar surface area (TPSA) is 74.4 Å². The molecule has 2 heterocycles. The van der Waals surface area contributed by atoms with E-state index in [2.05, 4.69) is 28.5 Å². The molecule has 2 amide bonds. The number of benzene rings is 2. The van der Waals surface area contributed by atoms with E-state index in [1.807, 2.05) is 36.5 Å². The number of hydrogen-bond acceptors (Lipinski definition) is 3. The summed E-state index contributed by atoms with van der Waals surface area (Å²) in [6.07, 6.45) is 4.92. The van der Waals surface area contributed by atoms with Crippen LogP contribution in [0.15, 0.2) is 66.9 Å². The summed E-state index contributed by atoms with van der Waals surface area (Å²) in [5.41, 5.74) is 3.54. The molecule has 0 bridgehead atoms. The first kappa shape index (κ1) is 19.8. The van der Waals surface area contributed by atoms with E-state index in [9.17, 15) is 9.59 Å². The van der Waals surface area contributed by atoms with Crippen LogP contribution in [0.4, 0.5) is 0 Å². The van der Waals surface area contributed by atoms with Crippen molar-refractivity contribution in [3.05, 3.63) is 72.4 Å². The Kier molecular flexibility index (Phi) is 5.84. The van der Waals surface area contributed by atoms with Crippen molar-refractivity contribution in [2.45, 2.75) is 19.4 Å². The summed E-state index contributed by atoms with van der Waals surface area (Å²) >= 11 is 0. The monoisotopic (exact) mass is 403 g/mol. The zero-order chi connectivity index (χ0) is 20.9. The van der Waals surface area contributed by atoms with E-state index in [1.54, 1.807) is 24.0 Å². The van der Waals surface area contributed by atoms with Crippen LogP contribution in [-0.2, 0) is 9.59 Å². The molecule has 1 atom stereocenters. The molecule has 3 aromatic rings. The smallest absolute Gasteiger partial charge is 0.258 e. The molecule has 4 rings (SSSR count). The Hall–Kier alpha value is -3.54. The maximum atomic E-state index is 12.7. The van der Waals surface area contributed by atoms with Gasteiger partial charge in [-0.2, -0.15) is 0 Å². The fourth-order valence-corrected chi connectivity index (χ4v) is 3.74. The highest BCUT2D eigenvalue weighted by atomic mass is 16.5. The van der Waals surface area contributed by atoms with Gasteiger partial charge in [0.1, 0.15) is 11.8 Å². The van der Waals surface area contributed by atoms with Gasteiger partial charge in [0.15, 0.2) is 6.61 Å². The number of carbonyl (C=O) groups is 2. The normalized spacial score (nSPS) is 14.8. The van der Waals surface area contributed by atoms with Crippen LogP contribution < -0.4 is 10.1 Å². The number of fused-ring (bicyclic) bond motifs is 1. The second-order valence-corrected chi connectivity index (χ2v) is 7.40. The van der Waals surface area contributed by atoms with E-state index in [-0.39, 0.29) is 18.4 Å². The molecule has 1 aliphatic heterocycles. The van der Waals surface area contributed by atoms with Gasteiger partial charge in [-0.15, -0.1) is 0 Å². The summed E-state index contributed by atoms with van der Waals surface area (Å²) in [5, 5.41) is 3.93. The molecule has 6 nitrogen and oxygen atoms in total. The number of ether oxygens (including phenoxy) is 1. The first-order valence-corrected chi connectivity index (χ1v) is 10.1. The summed E-state index contributed by atoms with van der Waals surface area (Å²) in [6, 6.07) is 16.7. The molecular weight excluding hydrogens is 378 g/mol.